The Morgan fingerprint density at radius 1 is 1.40 bits per heavy atom. The molecule has 0 saturated heterocycles. The number of aliphatic hydroxyl groups excluding tert-OH is 1. The minimum Gasteiger partial charge on any atom is -0.396 e. The van der Waals surface area contributed by atoms with E-state index in [1.807, 2.05) is 12.4 Å². The molecule has 2 aromatic rings. The summed E-state index contributed by atoms with van der Waals surface area (Å²) in [4.78, 5) is 4.36. The molecule has 0 amide bonds. The summed E-state index contributed by atoms with van der Waals surface area (Å²) in [5.74, 6) is 0. The zero-order valence-corrected chi connectivity index (χ0v) is 9.14. The number of benzene rings is 1. The first-order chi connectivity index (χ1) is 7.22. The van der Waals surface area contributed by atoms with E-state index < -0.39 is 0 Å². The van der Waals surface area contributed by atoms with Gasteiger partial charge in [-0.15, -0.1) is 0 Å². The number of rotatable bonds is 3. The molecule has 0 atom stereocenters. The highest BCUT2D eigenvalue weighted by atomic mass is 16.2. The molecule has 0 unspecified atom stereocenters. The van der Waals surface area contributed by atoms with Crippen LogP contribution in [-0.2, 0) is 6.42 Å². The van der Waals surface area contributed by atoms with E-state index in [0.29, 0.717) is 12.5 Å². The minimum atomic E-state index is 0.191. The van der Waals surface area contributed by atoms with Crippen LogP contribution in [0.25, 0.3) is 11.0 Å². The first-order valence-electron chi connectivity index (χ1n) is 5.28. The van der Waals surface area contributed by atoms with E-state index in [0.717, 1.165) is 16.6 Å². The Hall–Kier alpha value is -1.35. The van der Waals surface area contributed by atoms with E-state index in [1.54, 1.807) is 0 Å². The average Bonchev–Trinajstić information content (AvgIpc) is 2.61. The lowest BCUT2D eigenvalue weighted by Crippen LogP contribution is -1.98. The molecular formula is C12H16N2O. The molecule has 0 bridgehead atoms. The lowest BCUT2D eigenvalue weighted by molar-refractivity contribution is 0.299. The summed E-state index contributed by atoms with van der Waals surface area (Å²) in [5, 5.41) is 8.86. The van der Waals surface area contributed by atoms with Gasteiger partial charge in [-0.2, -0.15) is 0 Å². The molecule has 3 heteroatoms. The standard InChI is InChI=1S/C12H16N2O/c1-9(2)14-8-13-11-7-10(5-6-15)3-4-12(11)14/h3-4,7-9,15H,5-6H2,1-2H3. The van der Waals surface area contributed by atoms with E-state index in [9.17, 15) is 0 Å². The van der Waals surface area contributed by atoms with Crippen molar-refractivity contribution in [2.45, 2.75) is 26.3 Å². The lowest BCUT2D eigenvalue weighted by Gasteiger charge is -2.07. The Labute approximate surface area is 89.4 Å². The molecule has 0 radical (unpaired) electrons. The molecule has 1 heterocycles. The summed E-state index contributed by atoms with van der Waals surface area (Å²) in [6, 6.07) is 6.61. The third-order valence-corrected chi connectivity index (χ3v) is 2.60. The Bertz CT molecular complexity index is 460. The molecule has 1 aromatic heterocycles. The summed E-state index contributed by atoms with van der Waals surface area (Å²) in [6.45, 7) is 4.47. The summed E-state index contributed by atoms with van der Waals surface area (Å²) in [7, 11) is 0. The van der Waals surface area contributed by atoms with E-state index in [2.05, 4.69) is 35.5 Å². The van der Waals surface area contributed by atoms with Crippen molar-refractivity contribution < 1.29 is 5.11 Å². The largest absolute Gasteiger partial charge is 0.396 e. The van der Waals surface area contributed by atoms with Crippen LogP contribution in [0.15, 0.2) is 24.5 Å². The molecule has 1 aromatic carbocycles. The van der Waals surface area contributed by atoms with Crippen LogP contribution in [0.5, 0.6) is 0 Å². The highest BCUT2D eigenvalue weighted by molar-refractivity contribution is 5.76. The summed E-state index contributed by atoms with van der Waals surface area (Å²) < 4.78 is 2.15. The molecule has 3 nitrogen and oxygen atoms in total. The molecule has 0 fully saturated rings. The highest BCUT2D eigenvalue weighted by Gasteiger charge is 2.05. The van der Waals surface area contributed by atoms with Crippen LogP contribution < -0.4 is 0 Å². The SMILES string of the molecule is CC(C)n1cnc2cc(CCO)ccc21. The lowest BCUT2D eigenvalue weighted by atomic mass is 10.1. The third kappa shape index (κ3) is 1.88. The van der Waals surface area contributed by atoms with E-state index in [-0.39, 0.29) is 6.61 Å². The zero-order chi connectivity index (χ0) is 10.8. The predicted molar refractivity (Wildman–Crippen MR) is 60.9 cm³/mol. The minimum absolute atomic E-state index is 0.191. The summed E-state index contributed by atoms with van der Waals surface area (Å²) in [5.41, 5.74) is 3.31. The van der Waals surface area contributed by atoms with Gasteiger partial charge in [-0.3, -0.25) is 0 Å². The van der Waals surface area contributed by atoms with Gasteiger partial charge in [0, 0.05) is 12.6 Å². The number of hydrogen-bond donors (Lipinski definition) is 1. The number of nitrogens with zero attached hydrogens (tertiary/aromatic N) is 2. The van der Waals surface area contributed by atoms with Crippen molar-refractivity contribution in [3.05, 3.63) is 30.1 Å². The van der Waals surface area contributed by atoms with Gasteiger partial charge < -0.3 is 9.67 Å². The maximum atomic E-state index is 8.86. The van der Waals surface area contributed by atoms with Gasteiger partial charge in [-0.1, -0.05) is 6.07 Å². The fourth-order valence-corrected chi connectivity index (χ4v) is 1.77. The average molecular weight is 204 g/mol. The number of fused-ring (bicyclic) bond motifs is 1. The van der Waals surface area contributed by atoms with Crippen molar-refractivity contribution >= 4 is 11.0 Å². The van der Waals surface area contributed by atoms with Gasteiger partial charge in [0.2, 0.25) is 0 Å². The van der Waals surface area contributed by atoms with Crippen molar-refractivity contribution in [3.63, 3.8) is 0 Å². The molecule has 15 heavy (non-hydrogen) atoms. The van der Waals surface area contributed by atoms with Crippen LogP contribution in [0.4, 0.5) is 0 Å². The molecule has 0 aliphatic carbocycles. The van der Waals surface area contributed by atoms with Gasteiger partial charge in [-0.25, -0.2) is 4.98 Å². The Kier molecular flexibility index (Phi) is 2.73. The van der Waals surface area contributed by atoms with Crippen molar-refractivity contribution in [2.75, 3.05) is 6.61 Å². The van der Waals surface area contributed by atoms with Crippen LogP contribution in [0.1, 0.15) is 25.5 Å². The molecule has 0 aliphatic rings. The molecule has 0 aliphatic heterocycles. The molecule has 0 saturated carbocycles. The second kappa shape index (κ2) is 4.03. The number of hydrogen-bond acceptors (Lipinski definition) is 2. The van der Waals surface area contributed by atoms with Gasteiger partial charge in [-0.05, 0) is 38.0 Å². The number of aromatic nitrogens is 2. The normalized spacial score (nSPS) is 11.5. The van der Waals surface area contributed by atoms with Gasteiger partial charge in [0.1, 0.15) is 0 Å². The van der Waals surface area contributed by atoms with Crippen LogP contribution in [0.3, 0.4) is 0 Å². The van der Waals surface area contributed by atoms with Crippen molar-refractivity contribution in [3.8, 4) is 0 Å². The first-order valence-corrected chi connectivity index (χ1v) is 5.28. The first kappa shape index (κ1) is 10.2. The van der Waals surface area contributed by atoms with Gasteiger partial charge >= 0.3 is 0 Å². The molecule has 1 N–H and O–H groups in total. The highest BCUT2D eigenvalue weighted by Crippen LogP contribution is 2.18. The van der Waals surface area contributed by atoms with Crippen LogP contribution >= 0.6 is 0 Å². The zero-order valence-electron chi connectivity index (χ0n) is 9.14. The Morgan fingerprint density at radius 2 is 2.20 bits per heavy atom. The van der Waals surface area contributed by atoms with Crippen LogP contribution in [-0.4, -0.2) is 21.3 Å². The Balaban J connectivity index is 2.47. The topological polar surface area (TPSA) is 38.0 Å². The fourth-order valence-electron chi connectivity index (χ4n) is 1.77. The van der Waals surface area contributed by atoms with Crippen LogP contribution in [0.2, 0.25) is 0 Å². The fraction of sp³-hybridized carbons (Fsp3) is 0.417. The second-order valence-electron chi connectivity index (χ2n) is 4.04. The number of imidazole rings is 1. The summed E-state index contributed by atoms with van der Waals surface area (Å²) in [6.07, 6.45) is 2.57. The van der Waals surface area contributed by atoms with Gasteiger partial charge in [0.15, 0.2) is 0 Å². The van der Waals surface area contributed by atoms with E-state index in [4.69, 9.17) is 5.11 Å². The number of aliphatic hydroxyl groups is 1. The smallest absolute Gasteiger partial charge is 0.0960 e. The van der Waals surface area contributed by atoms with Gasteiger partial charge in [0.05, 0.1) is 17.4 Å². The maximum absolute atomic E-state index is 8.86. The van der Waals surface area contributed by atoms with Crippen LogP contribution in [0, 0.1) is 0 Å². The Morgan fingerprint density at radius 3 is 2.87 bits per heavy atom. The summed E-state index contributed by atoms with van der Waals surface area (Å²) >= 11 is 0. The van der Waals surface area contributed by atoms with Gasteiger partial charge in [0.25, 0.3) is 0 Å². The van der Waals surface area contributed by atoms with E-state index in [1.165, 1.54) is 0 Å². The molecular weight excluding hydrogens is 188 g/mol. The molecule has 80 valence electrons. The van der Waals surface area contributed by atoms with Crippen molar-refractivity contribution in [1.29, 1.82) is 0 Å². The monoisotopic (exact) mass is 204 g/mol. The van der Waals surface area contributed by atoms with Crippen molar-refractivity contribution in [1.82, 2.24) is 9.55 Å². The quantitative estimate of drug-likeness (QED) is 0.832. The second-order valence-corrected chi connectivity index (χ2v) is 4.04. The van der Waals surface area contributed by atoms with E-state index >= 15 is 0 Å². The molecule has 2 rings (SSSR count). The predicted octanol–water partition coefficient (Wildman–Crippen LogP) is 2.15. The molecule has 0 spiro atoms. The van der Waals surface area contributed by atoms with Crippen molar-refractivity contribution in [2.24, 2.45) is 0 Å². The maximum Gasteiger partial charge on any atom is 0.0960 e. The third-order valence-electron chi connectivity index (χ3n) is 2.60.